The van der Waals surface area contributed by atoms with Gasteiger partial charge >= 0.3 is 5.97 Å². The minimum Gasteiger partial charge on any atom is -0.452 e. The van der Waals surface area contributed by atoms with Crippen LogP contribution in [0.25, 0.3) is 0 Å². The first-order valence-corrected chi connectivity index (χ1v) is 9.28. The molecule has 1 aromatic heterocycles. The van der Waals surface area contributed by atoms with Crippen molar-refractivity contribution in [2.45, 2.75) is 0 Å². The Bertz CT molecular complexity index is 1050. The van der Waals surface area contributed by atoms with E-state index >= 15 is 0 Å². The van der Waals surface area contributed by atoms with Gasteiger partial charge in [0.25, 0.3) is 11.8 Å². The summed E-state index contributed by atoms with van der Waals surface area (Å²) >= 11 is 1.13. The fourth-order valence-electron chi connectivity index (χ4n) is 2.43. The van der Waals surface area contributed by atoms with Crippen molar-refractivity contribution in [2.24, 2.45) is 5.73 Å². The Labute approximate surface area is 169 Å². The van der Waals surface area contributed by atoms with Crippen LogP contribution in [-0.2, 0) is 9.53 Å². The second kappa shape index (κ2) is 8.98. The third kappa shape index (κ3) is 5.17. The van der Waals surface area contributed by atoms with Gasteiger partial charge in [-0.25, -0.2) is 9.18 Å². The molecule has 0 fully saturated rings. The van der Waals surface area contributed by atoms with Crippen molar-refractivity contribution in [2.75, 3.05) is 17.2 Å². The summed E-state index contributed by atoms with van der Waals surface area (Å²) in [6.07, 6.45) is 0. The summed E-state index contributed by atoms with van der Waals surface area (Å²) in [7, 11) is 0. The highest BCUT2D eigenvalue weighted by Gasteiger charge is 2.16. The van der Waals surface area contributed by atoms with E-state index in [1.54, 1.807) is 23.6 Å². The molecule has 0 unspecified atom stereocenters. The van der Waals surface area contributed by atoms with Crippen LogP contribution in [0, 0.1) is 5.82 Å². The second-order valence-corrected chi connectivity index (χ2v) is 6.75. The standard InChI is InChI=1S/C20H16FN3O4S/c21-12-5-7-13(8-6-12)23-16-4-2-1-3-14(16)20(27)28-11-17(25)24-19-15(18(22)26)9-10-29-19/h1-10,23H,11H2,(H2,22,26)(H,24,25). The van der Waals surface area contributed by atoms with Crippen LogP contribution in [-0.4, -0.2) is 24.4 Å². The summed E-state index contributed by atoms with van der Waals surface area (Å²) in [6.45, 7) is -0.542. The number of thiophene rings is 1. The molecular formula is C20H16FN3O4S. The number of nitrogens with two attached hydrogens (primary N) is 1. The van der Waals surface area contributed by atoms with Crippen LogP contribution in [0.4, 0.5) is 20.8 Å². The number of carbonyl (C=O) groups is 3. The lowest BCUT2D eigenvalue weighted by atomic mass is 10.1. The van der Waals surface area contributed by atoms with Crippen LogP contribution in [0.2, 0.25) is 0 Å². The van der Waals surface area contributed by atoms with E-state index in [-0.39, 0.29) is 21.9 Å². The van der Waals surface area contributed by atoms with E-state index in [0.717, 1.165) is 11.3 Å². The number of benzene rings is 2. The molecule has 0 aliphatic carbocycles. The Balaban J connectivity index is 1.63. The number of amides is 2. The second-order valence-electron chi connectivity index (χ2n) is 5.83. The SMILES string of the molecule is NC(=O)c1ccsc1NC(=O)COC(=O)c1ccccc1Nc1ccc(F)cc1. The monoisotopic (exact) mass is 413 g/mol. The molecule has 0 aliphatic heterocycles. The number of hydrogen-bond acceptors (Lipinski definition) is 6. The number of nitrogens with one attached hydrogen (secondary N) is 2. The van der Waals surface area contributed by atoms with Crippen molar-refractivity contribution < 1.29 is 23.5 Å². The van der Waals surface area contributed by atoms with E-state index in [0.29, 0.717) is 11.4 Å². The largest absolute Gasteiger partial charge is 0.452 e. The molecule has 148 valence electrons. The Kier molecular flexibility index (Phi) is 6.20. The first-order chi connectivity index (χ1) is 13.9. The number of carbonyl (C=O) groups excluding carboxylic acids is 3. The van der Waals surface area contributed by atoms with E-state index in [1.807, 2.05) is 0 Å². The normalized spacial score (nSPS) is 10.2. The molecule has 0 atom stereocenters. The van der Waals surface area contributed by atoms with Gasteiger partial charge in [-0.15, -0.1) is 11.3 Å². The predicted octanol–water partition coefficient (Wildman–Crippen LogP) is 3.53. The molecule has 3 rings (SSSR count). The van der Waals surface area contributed by atoms with Crippen LogP contribution in [0.1, 0.15) is 20.7 Å². The van der Waals surface area contributed by atoms with Gasteiger partial charge in [-0.3, -0.25) is 9.59 Å². The first-order valence-electron chi connectivity index (χ1n) is 8.40. The van der Waals surface area contributed by atoms with Crippen molar-refractivity contribution in [1.82, 2.24) is 0 Å². The van der Waals surface area contributed by atoms with Crippen molar-refractivity contribution in [3.63, 3.8) is 0 Å². The maximum atomic E-state index is 13.0. The Morgan fingerprint density at radius 2 is 1.72 bits per heavy atom. The third-order valence-electron chi connectivity index (χ3n) is 3.79. The molecule has 9 heteroatoms. The Hall–Kier alpha value is -3.72. The summed E-state index contributed by atoms with van der Waals surface area (Å²) < 4.78 is 18.1. The average molecular weight is 413 g/mol. The maximum absolute atomic E-state index is 13.0. The molecule has 0 saturated heterocycles. The van der Waals surface area contributed by atoms with Gasteiger partial charge in [-0.1, -0.05) is 12.1 Å². The molecule has 0 aliphatic rings. The number of halogens is 1. The minimum absolute atomic E-state index is 0.184. The van der Waals surface area contributed by atoms with E-state index < -0.39 is 24.4 Å². The highest BCUT2D eigenvalue weighted by Crippen LogP contribution is 2.23. The summed E-state index contributed by atoms with van der Waals surface area (Å²) in [5.41, 5.74) is 6.64. The molecule has 29 heavy (non-hydrogen) atoms. The van der Waals surface area contributed by atoms with Crippen LogP contribution in [0.5, 0.6) is 0 Å². The number of hydrogen-bond donors (Lipinski definition) is 3. The van der Waals surface area contributed by atoms with Gasteiger partial charge in [0, 0.05) is 5.69 Å². The van der Waals surface area contributed by atoms with Gasteiger partial charge in [0.05, 0.1) is 16.8 Å². The zero-order valence-corrected chi connectivity index (χ0v) is 15.8. The number of rotatable bonds is 7. The molecule has 0 saturated carbocycles. The van der Waals surface area contributed by atoms with Crippen LogP contribution in [0.15, 0.2) is 60.0 Å². The van der Waals surface area contributed by atoms with E-state index in [9.17, 15) is 18.8 Å². The van der Waals surface area contributed by atoms with Crippen LogP contribution in [0.3, 0.4) is 0 Å². The average Bonchev–Trinajstić information content (AvgIpc) is 3.17. The molecule has 1 heterocycles. The molecule has 0 spiro atoms. The number of para-hydroxylation sites is 1. The zero-order valence-electron chi connectivity index (χ0n) is 15.0. The molecule has 4 N–H and O–H groups in total. The fraction of sp³-hybridized carbons (Fsp3) is 0.0500. The Morgan fingerprint density at radius 3 is 2.45 bits per heavy atom. The summed E-state index contributed by atoms with van der Waals surface area (Å²) in [4.78, 5) is 35.7. The lowest BCUT2D eigenvalue weighted by Crippen LogP contribution is -2.22. The van der Waals surface area contributed by atoms with Crippen molar-refractivity contribution in [3.05, 3.63) is 76.9 Å². The number of primary amides is 1. The van der Waals surface area contributed by atoms with E-state index in [1.165, 1.54) is 36.4 Å². The van der Waals surface area contributed by atoms with Gasteiger partial charge in [-0.2, -0.15) is 0 Å². The summed E-state index contributed by atoms with van der Waals surface area (Å²) in [5.74, 6) is -2.36. The van der Waals surface area contributed by atoms with Crippen molar-refractivity contribution in [1.29, 1.82) is 0 Å². The molecule has 3 aromatic rings. The quantitative estimate of drug-likeness (QED) is 0.513. The third-order valence-corrected chi connectivity index (χ3v) is 4.62. The number of ether oxygens (including phenoxy) is 1. The minimum atomic E-state index is -0.716. The topological polar surface area (TPSA) is 111 Å². The van der Waals surface area contributed by atoms with Crippen LogP contribution >= 0.6 is 11.3 Å². The summed E-state index contributed by atoms with van der Waals surface area (Å²) in [5, 5.41) is 7.39. The lowest BCUT2D eigenvalue weighted by Gasteiger charge is -2.12. The van der Waals surface area contributed by atoms with Gasteiger partial charge < -0.3 is 21.1 Å². The smallest absolute Gasteiger partial charge is 0.340 e. The predicted molar refractivity (Wildman–Crippen MR) is 108 cm³/mol. The van der Waals surface area contributed by atoms with Gasteiger partial charge in [0.1, 0.15) is 10.8 Å². The fourth-order valence-corrected chi connectivity index (χ4v) is 3.24. The van der Waals surface area contributed by atoms with E-state index in [2.05, 4.69) is 10.6 Å². The van der Waals surface area contributed by atoms with Crippen molar-refractivity contribution >= 4 is 45.5 Å². The highest BCUT2D eigenvalue weighted by atomic mass is 32.1. The number of anilines is 3. The molecule has 7 nitrogen and oxygen atoms in total. The maximum Gasteiger partial charge on any atom is 0.340 e. The lowest BCUT2D eigenvalue weighted by molar-refractivity contribution is -0.119. The van der Waals surface area contributed by atoms with Gasteiger partial charge in [0.15, 0.2) is 6.61 Å². The Morgan fingerprint density at radius 1 is 1.00 bits per heavy atom. The molecular weight excluding hydrogens is 397 g/mol. The zero-order chi connectivity index (χ0) is 20.8. The van der Waals surface area contributed by atoms with Crippen LogP contribution < -0.4 is 16.4 Å². The highest BCUT2D eigenvalue weighted by molar-refractivity contribution is 7.14. The summed E-state index contributed by atoms with van der Waals surface area (Å²) in [6, 6.07) is 13.7. The van der Waals surface area contributed by atoms with Gasteiger partial charge in [-0.05, 0) is 47.8 Å². The van der Waals surface area contributed by atoms with Gasteiger partial charge in [0.2, 0.25) is 0 Å². The van der Waals surface area contributed by atoms with Crippen molar-refractivity contribution in [3.8, 4) is 0 Å². The first kappa shape index (κ1) is 20.0. The molecule has 0 bridgehead atoms. The number of esters is 1. The van der Waals surface area contributed by atoms with E-state index in [4.69, 9.17) is 10.5 Å². The molecule has 2 aromatic carbocycles. The molecule has 0 radical (unpaired) electrons. The molecule has 2 amide bonds.